The summed E-state index contributed by atoms with van der Waals surface area (Å²) in [4.78, 5) is 10.6. The second kappa shape index (κ2) is 5.63. The van der Waals surface area contributed by atoms with E-state index in [0.29, 0.717) is 11.1 Å². The first-order valence-electron chi connectivity index (χ1n) is 5.44. The van der Waals surface area contributed by atoms with Gasteiger partial charge in [-0.05, 0) is 29.8 Å². The Labute approximate surface area is 114 Å². The maximum atomic E-state index is 13.0. The lowest BCUT2D eigenvalue weighted by atomic mass is 10.1. The predicted molar refractivity (Wildman–Crippen MR) is 72.7 cm³/mol. The van der Waals surface area contributed by atoms with Crippen molar-refractivity contribution in [3.05, 3.63) is 80.6 Å². The number of hydrogen-bond donors (Lipinski definition) is 0. The summed E-state index contributed by atoms with van der Waals surface area (Å²) in [6.07, 6.45) is 1.36. The molecular weight excluding hydrogens is 269 g/mol. The zero-order valence-electron chi connectivity index (χ0n) is 9.72. The summed E-state index contributed by atoms with van der Waals surface area (Å²) in [5, 5.41) is 11.0. The first-order chi connectivity index (χ1) is 9.08. The van der Waals surface area contributed by atoms with Crippen LogP contribution in [0.3, 0.4) is 0 Å². The van der Waals surface area contributed by atoms with Crippen LogP contribution in [0, 0.1) is 15.9 Å². The lowest BCUT2D eigenvalue weighted by molar-refractivity contribution is -0.374. The van der Waals surface area contributed by atoms with Crippen molar-refractivity contribution in [2.24, 2.45) is 0 Å². The van der Waals surface area contributed by atoms with E-state index in [0.717, 1.165) is 0 Å². The zero-order valence-corrected chi connectivity index (χ0v) is 10.5. The van der Waals surface area contributed by atoms with Crippen molar-refractivity contribution in [2.45, 2.75) is 0 Å². The van der Waals surface area contributed by atoms with E-state index in [2.05, 4.69) is 0 Å². The number of rotatable bonds is 3. The van der Waals surface area contributed by atoms with E-state index in [9.17, 15) is 14.5 Å². The number of halogens is 2. The topological polar surface area (TPSA) is 43.1 Å². The molecule has 0 radical (unpaired) electrons. The van der Waals surface area contributed by atoms with Gasteiger partial charge in [0.2, 0.25) is 0 Å². The molecule has 0 aliphatic carbocycles. The first kappa shape index (κ1) is 13.2. The molecule has 2 aromatic rings. The van der Waals surface area contributed by atoms with Crippen molar-refractivity contribution in [2.75, 3.05) is 0 Å². The Morgan fingerprint density at radius 2 is 1.89 bits per heavy atom. The quantitative estimate of drug-likeness (QED) is 0.478. The Hall–Kier alpha value is -2.20. The van der Waals surface area contributed by atoms with Gasteiger partial charge in [0.1, 0.15) is 5.82 Å². The number of nitro groups is 1. The zero-order chi connectivity index (χ0) is 13.8. The number of hydrogen-bond acceptors (Lipinski definition) is 2. The molecule has 0 unspecified atom stereocenters. The van der Waals surface area contributed by atoms with Crippen molar-refractivity contribution in [1.29, 1.82) is 0 Å². The summed E-state index contributed by atoms with van der Waals surface area (Å²) in [5.74, 6) is -0.554. The van der Waals surface area contributed by atoms with Crippen LogP contribution < -0.4 is 0 Å². The molecule has 5 heteroatoms. The van der Waals surface area contributed by atoms with Gasteiger partial charge >= 0.3 is 0 Å². The van der Waals surface area contributed by atoms with Gasteiger partial charge in [0.25, 0.3) is 5.70 Å². The monoisotopic (exact) mass is 277 g/mol. The lowest BCUT2D eigenvalue weighted by Crippen LogP contribution is -1.97. The molecule has 0 saturated heterocycles. The Kier molecular flexibility index (Phi) is 3.92. The van der Waals surface area contributed by atoms with E-state index >= 15 is 0 Å². The molecule has 0 aliphatic heterocycles. The molecule has 0 spiro atoms. The summed E-state index contributed by atoms with van der Waals surface area (Å²) in [6, 6.07) is 12.4. The molecule has 0 atom stereocenters. The third kappa shape index (κ3) is 3.17. The molecule has 0 heterocycles. The van der Waals surface area contributed by atoms with Gasteiger partial charge in [-0.25, -0.2) is 4.39 Å². The van der Waals surface area contributed by atoms with Gasteiger partial charge in [0.15, 0.2) is 0 Å². The van der Waals surface area contributed by atoms with Crippen LogP contribution in [0.5, 0.6) is 0 Å². The largest absolute Gasteiger partial charge is 0.277 e. The van der Waals surface area contributed by atoms with Crippen molar-refractivity contribution in [1.82, 2.24) is 0 Å². The third-order valence-electron chi connectivity index (χ3n) is 2.51. The maximum absolute atomic E-state index is 13.0. The van der Waals surface area contributed by atoms with Crippen molar-refractivity contribution < 1.29 is 9.31 Å². The SMILES string of the molecule is O=[N+]([O-])/C(=C/c1ccc(F)c(Cl)c1)c1ccccc1. The lowest BCUT2D eigenvalue weighted by Gasteiger charge is -2.00. The average Bonchev–Trinajstić information content (AvgIpc) is 2.40. The second-order valence-corrected chi connectivity index (χ2v) is 4.23. The second-order valence-electron chi connectivity index (χ2n) is 3.83. The molecule has 2 rings (SSSR count). The van der Waals surface area contributed by atoms with Crippen LogP contribution in [0.4, 0.5) is 4.39 Å². The smallest absolute Gasteiger partial charge is 0.258 e. The molecule has 0 saturated carbocycles. The van der Waals surface area contributed by atoms with Crippen LogP contribution in [0.2, 0.25) is 5.02 Å². The fourth-order valence-electron chi connectivity index (χ4n) is 1.61. The minimum absolute atomic E-state index is 0.0653. The maximum Gasteiger partial charge on any atom is 0.277 e. The van der Waals surface area contributed by atoms with E-state index in [1.165, 1.54) is 24.3 Å². The highest BCUT2D eigenvalue weighted by Crippen LogP contribution is 2.22. The van der Waals surface area contributed by atoms with Crippen LogP contribution >= 0.6 is 11.6 Å². The molecule has 96 valence electrons. The first-order valence-corrected chi connectivity index (χ1v) is 5.82. The molecule has 0 N–H and O–H groups in total. The van der Waals surface area contributed by atoms with E-state index in [4.69, 9.17) is 11.6 Å². The van der Waals surface area contributed by atoms with Gasteiger partial charge in [-0.3, -0.25) is 10.1 Å². The number of benzene rings is 2. The third-order valence-corrected chi connectivity index (χ3v) is 2.80. The normalized spacial score (nSPS) is 11.4. The van der Waals surface area contributed by atoms with E-state index in [-0.39, 0.29) is 10.7 Å². The molecular formula is C14H9ClFNO2. The molecule has 19 heavy (non-hydrogen) atoms. The van der Waals surface area contributed by atoms with Gasteiger partial charge in [-0.2, -0.15) is 0 Å². The van der Waals surface area contributed by atoms with E-state index in [1.54, 1.807) is 30.3 Å². The fourth-order valence-corrected chi connectivity index (χ4v) is 1.80. The van der Waals surface area contributed by atoms with Gasteiger partial charge in [0.05, 0.1) is 15.5 Å². The summed E-state index contributed by atoms with van der Waals surface area (Å²) >= 11 is 5.65. The van der Waals surface area contributed by atoms with Crippen LogP contribution in [-0.2, 0) is 0 Å². The summed E-state index contributed by atoms with van der Waals surface area (Å²) in [7, 11) is 0. The molecule has 0 aliphatic rings. The van der Waals surface area contributed by atoms with Gasteiger partial charge in [-0.1, -0.05) is 35.9 Å². The molecule has 0 amide bonds. The van der Waals surface area contributed by atoms with Crippen LogP contribution in [0.25, 0.3) is 11.8 Å². The van der Waals surface area contributed by atoms with Crippen LogP contribution in [0.15, 0.2) is 48.5 Å². The Morgan fingerprint density at radius 1 is 1.21 bits per heavy atom. The van der Waals surface area contributed by atoms with Crippen molar-refractivity contribution >= 4 is 23.4 Å². The van der Waals surface area contributed by atoms with Gasteiger partial charge < -0.3 is 0 Å². The highest BCUT2D eigenvalue weighted by molar-refractivity contribution is 6.30. The highest BCUT2D eigenvalue weighted by atomic mass is 35.5. The minimum atomic E-state index is -0.554. The molecule has 0 fully saturated rings. The van der Waals surface area contributed by atoms with Crippen LogP contribution in [0.1, 0.15) is 11.1 Å². The highest BCUT2D eigenvalue weighted by Gasteiger charge is 2.13. The predicted octanol–water partition coefficient (Wildman–Crippen LogP) is 4.25. The average molecular weight is 278 g/mol. The Morgan fingerprint density at radius 3 is 2.47 bits per heavy atom. The fraction of sp³-hybridized carbons (Fsp3) is 0. The van der Waals surface area contributed by atoms with Crippen LogP contribution in [-0.4, -0.2) is 4.92 Å². The van der Waals surface area contributed by atoms with Crippen molar-refractivity contribution in [3.8, 4) is 0 Å². The summed E-state index contributed by atoms with van der Waals surface area (Å²) < 4.78 is 13.0. The van der Waals surface area contributed by atoms with E-state index in [1.807, 2.05) is 0 Å². The Balaban J connectivity index is 2.47. The molecule has 0 bridgehead atoms. The van der Waals surface area contributed by atoms with E-state index < -0.39 is 10.7 Å². The summed E-state index contributed by atoms with van der Waals surface area (Å²) in [6.45, 7) is 0. The molecule has 3 nitrogen and oxygen atoms in total. The molecule has 2 aromatic carbocycles. The molecule has 0 aromatic heterocycles. The number of nitrogens with zero attached hydrogens (tertiary/aromatic N) is 1. The standard InChI is InChI=1S/C14H9ClFNO2/c15-12-8-10(6-7-13(12)16)9-14(17(18)19)11-4-2-1-3-5-11/h1-9H/b14-9+. The van der Waals surface area contributed by atoms with Crippen molar-refractivity contribution in [3.63, 3.8) is 0 Å². The van der Waals surface area contributed by atoms with Gasteiger partial charge in [0, 0.05) is 6.08 Å². The summed E-state index contributed by atoms with van der Waals surface area (Å²) in [5.41, 5.74) is 0.887. The van der Waals surface area contributed by atoms with Gasteiger partial charge in [-0.15, -0.1) is 0 Å². The Bertz CT molecular complexity index is 641. The minimum Gasteiger partial charge on any atom is -0.258 e.